The molecule has 0 atom stereocenters. The lowest BCUT2D eigenvalue weighted by Gasteiger charge is -2.11. The van der Waals surface area contributed by atoms with Crippen LogP contribution in [0.25, 0.3) is 0 Å². The molecule has 0 unspecified atom stereocenters. The van der Waals surface area contributed by atoms with Gasteiger partial charge in [0.25, 0.3) is 6.43 Å². The summed E-state index contributed by atoms with van der Waals surface area (Å²) >= 11 is 2.53. The minimum absolute atomic E-state index is 0.403. The highest BCUT2D eigenvalue weighted by Gasteiger charge is 2.44. The van der Waals surface area contributed by atoms with Crippen LogP contribution < -0.4 is 0 Å². The normalized spacial score (nSPS) is 11.9. The van der Waals surface area contributed by atoms with Crippen molar-refractivity contribution in [3.05, 3.63) is 31.9 Å². The van der Waals surface area contributed by atoms with Crippen LogP contribution in [-0.2, 0) is 6.18 Å². The zero-order chi connectivity index (χ0) is 13.4. The number of aromatic nitrogens is 1. The molecule has 1 rings (SSSR count). The van der Waals surface area contributed by atoms with Gasteiger partial charge in [-0.3, -0.25) is 0 Å². The van der Waals surface area contributed by atoms with E-state index in [1.807, 2.05) is 0 Å². The Hall–Kier alpha value is -1.32. The Morgan fingerprint density at radius 2 is 1.94 bits per heavy atom. The van der Waals surface area contributed by atoms with Gasteiger partial charge in [-0.15, -0.1) is 0 Å². The lowest BCUT2D eigenvalue weighted by Crippen LogP contribution is -2.14. The topological polar surface area (TPSA) is 56.0 Å². The largest absolute Gasteiger partial charge is 0.425 e. The molecule has 4 nitrogen and oxygen atoms in total. The smallest absolute Gasteiger partial charge is 0.358 e. The molecule has 0 saturated heterocycles. The number of nitrogens with zero attached hydrogens (tertiary/aromatic N) is 2. The zero-order valence-corrected chi connectivity index (χ0v) is 9.22. The van der Waals surface area contributed by atoms with Crippen LogP contribution in [0.4, 0.5) is 27.8 Å². The monoisotopic (exact) mass is 320 g/mol. The van der Waals surface area contributed by atoms with Crippen LogP contribution in [0.3, 0.4) is 0 Å². The SMILES string of the molecule is O=[N+]([O-])c1nc(Br)cc(C(F)F)c1C(F)(F)F. The molecule has 0 saturated carbocycles. The molecule has 0 N–H and O–H groups in total. The molecule has 0 amide bonds. The van der Waals surface area contributed by atoms with Gasteiger partial charge in [0.1, 0.15) is 0 Å². The number of hydrogen-bond acceptors (Lipinski definition) is 3. The summed E-state index contributed by atoms with van der Waals surface area (Å²) < 4.78 is 61.8. The van der Waals surface area contributed by atoms with Gasteiger partial charge < -0.3 is 10.1 Å². The van der Waals surface area contributed by atoms with Gasteiger partial charge in [0, 0.05) is 27.6 Å². The summed E-state index contributed by atoms with van der Waals surface area (Å²) in [4.78, 5) is 11.9. The molecule has 17 heavy (non-hydrogen) atoms. The van der Waals surface area contributed by atoms with Crippen LogP contribution >= 0.6 is 15.9 Å². The number of alkyl halides is 5. The van der Waals surface area contributed by atoms with Crippen LogP contribution in [-0.4, -0.2) is 9.91 Å². The Morgan fingerprint density at radius 3 is 2.29 bits per heavy atom. The van der Waals surface area contributed by atoms with E-state index >= 15 is 0 Å². The fraction of sp³-hybridized carbons (Fsp3) is 0.286. The van der Waals surface area contributed by atoms with Gasteiger partial charge in [-0.25, -0.2) is 8.78 Å². The second kappa shape index (κ2) is 4.51. The maximum Gasteiger partial charge on any atom is 0.425 e. The maximum atomic E-state index is 12.5. The van der Waals surface area contributed by atoms with E-state index in [0.29, 0.717) is 6.07 Å². The van der Waals surface area contributed by atoms with Crippen LogP contribution in [0.5, 0.6) is 0 Å². The quantitative estimate of drug-likeness (QED) is 0.361. The summed E-state index contributed by atoms with van der Waals surface area (Å²) in [5.74, 6) is -1.65. The molecule has 1 heterocycles. The average Bonchev–Trinajstić information content (AvgIpc) is 2.14. The number of hydrogen-bond donors (Lipinski definition) is 0. The first-order valence-corrected chi connectivity index (χ1v) is 4.64. The predicted octanol–water partition coefficient (Wildman–Crippen LogP) is 3.71. The predicted molar refractivity (Wildman–Crippen MR) is 48.6 cm³/mol. The molecule has 0 aliphatic rings. The van der Waals surface area contributed by atoms with E-state index in [-0.39, 0.29) is 0 Å². The molecule has 10 heteroatoms. The summed E-state index contributed by atoms with van der Waals surface area (Å²) in [6.07, 6.45) is -8.77. The first kappa shape index (κ1) is 13.7. The highest BCUT2D eigenvalue weighted by atomic mass is 79.9. The molecule has 0 radical (unpaired) electrons. The third-order valence-corrected chi connectivity index (χ3v) is 2.10. The van der Waals surface area contributed by atoms with E-state index in [1.54, 1.807) is 0 Å². The molecular formula is C7H2BrF5N2O2. The third kappa shape index (κ3) is 2.87. The van der Waals surface area contributed by atoms with Crippen molar-refractivity contribution in [2.75, 3.05) is 0 Å². The van der Waals surface area contributed by atoms with Gasteiger partial charge in [-0.1, -0.05) is 0 Å². The molecule has 0 aliphatic carbocycles. The summed E-state index contributed by atoms with van der Waals surface area (Å²) in [5, 5.41) is 10.4. The highest BCUT2D eigenvalue weighted by Crippen LogP contribution is 2.41. The van der Waals surface area contributed by atoms with Gasteiger partial charge in [0.2, 0.25) is 4.60 Å². The molecule has 0 spiro atoms. The maximum absolute atomic E-state index is 12.5. The molecule has 1 aromatic heterocycles. The van der Waals surface area contributed by atoms with E-state index in [4.69, 9.17) is 0 Å². The molecule has 0 bridgehead atoms. The van der Waals surface area contributed by atoms with Crippen LogP contribution in [0.1, 0.15) is 17.6 Å². The lowest BCUT2D eigenvalue weighted by molar-refractivity contribution is -0.393. The van der Waals surface area contributed by atoms with Crippen molar-refractivity contribution in [2.24, 2.45) is 0 Å². The number of pyridine rings is 1. The van der Waals surface area contributed by atoms with Gasteiger partial charge in [-0.05, 0) is 9.91 Å². The molecule has 0 fully saturated rings. The standard InChI is InChI=1S/C7H2BrF5N2O2/c8-3-1-2(5(9)10)4(7(11,12)13)6(14-3)15(16)17/h1,5H. The van der Waals surface area contributed by atoms with E-state index in [1.165, 1.54) is 0 Å². The van der Waals surface area contributed by atoms with Crippen molar-refractivity contribution in [1.82, 2.24) is 4.98 Å². The van der Waals surface area contributed by atoms with Gasteiger partial charge >= 0.3 is 12.0 Å². The highest BCUT2D eigenvalue weighted by molar-refractivity contribution is 9.10. The fourth-order valence-corrected chi connectivity index (χ4v) is 1.53. The summed E-state index contributed by atoms with van der Waals surface area (Å²) in [6, 6.07) is 0.403. The third-order valence-electron chi connectivity index (χ3n) is 1.69. The van der Waals surface area contributed by atoms with Crippen LogP contribution in [0.15, 0.2) is 10.7 Å². The Bertz CT molecular complexity index is 462. The van der Waals surface area contributed by atoms with Crippen molar-refractivity contribution in [2.45, 2.75) is 12.6 Å². The first-order chi connectivity index (χ1) is 7.64. The molecular weight excluding hydrogens is 319 g/mol. The summed E-state index contributed by atoms with van der Waals surface area (Å²) in [7, 11) is 0. The number of nitro groups is 1. The lowest BCUT2D eigenvalue weighted by atomic mass is 10.1. The van der Waals surface area contributed by atoms with Crippen LogP contribution in [0, 0.1) is 10.1 Å². The minimum atomic E-state index is -5.28. The number of halogens is 6. The van der Waals surface area contributed by atoms with Gasteiger partial charge in [-0.2, -0.15) is 13.2 Å². The van der Waals surface area contributed by atoms with Crippen LogP contribution in [0.2, 0.25) is 0 Å². The Morgan fingerprint density at radius 1 is 1.41 bits per heavy atom. The Labute approximate surface area is 98.7 Å². The van der Waals surface area contributed by atoms with Crippen molar-refractivity contribution in [1.29, 1.82) is 0 Å². The van der Waals surface area contributed by atoms with E-state index in [2.05, 4.69) is 20.9 Å². The van der Waals surface area contributed by atoms with Crippen molar-refractivity contribution in [3.8, 4) is 0 Å². The average molecular weight is 321 g/mol. The Balaban J connectivity index is 3.66. The van der Waals surface area contributed by atoms with Gasteiger partial charge in [0.05, 0.1) is 0 Å². The van der Waals surface area contributed by atoms with Gasteiger partial charge in [0.15, 0.2) is 5.56 Å². The van der Waals surface area contributed by atoms with Crippen molar-refractivity contribution in [3.63, 3.8) is 0 Å². The van der Waals surface area contributed by atoms with Crippen molar-refractivity contribution >= 4 is 21.7 Å². The fourth-order valence-electron chi connectivity index (χ4n) is 1.11. The second-order valence-electron chi connectivity index (χ2n) is 2.79. The first-order valence-electron chi connectivity index (χ1n) is 3.84. The number of rotatable bonds is 2. The molecule has 0 aliphatic heterocycles. The second-order valence-corrected chi connectivity index (χ2v) is 3.60. The van der Waals surface area contributed by atoms with E-state index < -0.39 is 39.1 Å². The molecule has 1 aromatic rings. The summed E-state index contributed by atoms with van der Waals surface area (Å²) in [6.45, 7) is 0. The Kier molecular flexibility index (Phi) is 3.65. The molecule has 94 valence electrons. The molecule has 0 aromatic carbocycles. The summed E-state index contributed by atoms with van der Waals surface area (Å²) in [5.41, 5.74) is -3.51. The van der Waals surface area contributed by atoms with Crippen molar-refractivity contribution < 1.29 is 26.9 Å². The van der Waals surface area contributed by atoms with E-state index in [9.17, 15) is 32.1 Å². The minimum Gasteiger partial charge on any atom is -0.358 e. The van der Waals surface area contributed by atoms with E-state index in [0.717, 1.165) is 0 Å². The zero-order valence-electron chi connectivity index (χ0n) is 7.63.